The molecule has 2 aromatic rings. The molecule has 3 rings (SSSR count). The average molecular weight is 472 g/mol. The van der Waals surface area contributed by atoms with Crippen LogP contribution in [-0.4, -0.2) is 48.9 Å². The highest BCUT2D eigenvalue weighted by molar-refractivity contribution is 6.34. The molecule has 0 bridgehead atoms. The molecule has 3 amide bonds. The fraction of sp³-hybridized carbons (Fsp3) is 0.400. The van der Waals surface area contributed by atoms with Gasteiger partial charge in [-0.3, -0.25) is 14.4 Å². The van der Waals surface area contributed by atoms with Crippen LogP contribution in [0, 0.1) is 5.92 Å². The van der Waals surface area contributed by atoms with Gasteiger partial charge in [-0.15, -0.1) is 0 Å². The number of piperidine rings is 1. The highest BCUT2D eigenvalue weighted by Crippen LogP contribution is 2.24. The molecule has 1 aliphatic heterocycles. The highest BCUT2D eigenvalue weighted by Gasteiger charge is 2.27. The number of likely N-dealkylation sites (tertiary alicyclic amines) is 1. The van der Waals surface area contributed by atoms with E-state index in [0.29, 0.717) is 61.8 Å². The second kappa shape index (κ2) is 12.3. The van der Waals surface area contributed by atoms with Crippen LogP contribution in [0.25, 0.3) is 0 Å². The molecule has 176 valence electrons. The Balaban J connectivity index is 1.43. The number of amides is 3. The molecule has 2 N–H and O–H groups in total. The quantitative estimate of drug-likeness (QED) is 0.575. The van der Waals surface area contributed by atoms with E-state index in [2.05, 4.69) is 10.6 Å². The number of para-hydroxylation sites is 1. The maximum Gasteiger partial charge on any atom is 0.252 e. The normalized spacial score (nSPS) is 13.9. The minimum atomic E-state index is -0.231. The van der Waals surface area contributed by atoms with E-state index in [4.69, 9.17) is 16.3 Å². The fourth-order valence-electron chi connectivity index (χ4n) is 3.68. The van der Waals surface area contributed by atoms with Crippen LogP contribution in [0.1, 0.15) is 43.0 Å². The van der Waals surface area contributed by atoms with Crippen molar-refractivity contribution >= 4 is 35.0 Å². The molecule has 1 saturated heterocycles. The van der Waals surface area contributed by atoms with E-state index in [1.807, 2.05) is 37.3 Å². The second-order valence-electron chi connectivity index (χ2n) is 8.01. The van der Waals surface area contributed by atoms with Gasteiger partial charge >= 0.3 is 0 Å². The molecule has 0 atom stereocenters. The number of halogens is 1. The third kappa shape index (κ3) is 7.22. The van der Waals surface area contributed by atoms with Crippen molar-refractivity contribution in [3.8, 4) is 5.75 Å². The summed E-state index contributed by atoms with van der Waals surface area (Å²) in [6, 6.07) is 14.3. The maximum atomic E-state index is 12.7. The van der Waals surface area contributed by atoms with Crippen molar-refractivity contribution in [3.63, 3.8) is 0 Å². The number of ether oxygens (including phenoxy) is 1. The zero-order chi connectivity index (χ0) is 23.6. The van der Waals surface area contributed by atoms with E-state index in [0.717, 1.165) is 12.2 Å². The lowest BCUT2D eigenvalue weighted by atomic mass is 9.95. The van der Waals surface area contributed by atoms with Crippen LogP contribution in [0.15, 0.2) is 48.5 Å². The van der Waals surface area contributed by atoms with Crippen molar-refractivity contribution in [2.45, 2.75) is 32.6 Å². The summed E-state index contributed by atoms with van der Waals surface area (Å²) >= 11 is 6.24. The van der Waals surface area contributed by atoms with Crippen LogP contribution in [0.2, 0.25) is 5.02 Å². The summed E-state index contributed by atoms with van der Waals surface area (Å²) in [6.45, 7) is 3.96. The number of carbonyl (C=O) groups is 3. The van der Waals surface area contributed by atoms with Crippen LogP contribution in [0.4, 0.5) is 5.69 Å². The topological polar surface area (TPSA) is 87.7 Å². The first-order valence-corrected chi connectivity index (χ1v) is 11.7. The number of rotatable bonds is 9. The second-order valence-corrected chi connectivity index (χ2v) is 8.41. The van der Waals surface area contributed by atoms with Gasteiger partial charge in [-0.25, -0.2) is 0 Å². The average Bonchev–Trinajstić information content (AvgIpc) is 2.83. The Morgan fingerprint density at radius 1 is 1.09 bits per heavy atom. The van der Waals surface area contributed by atoms with Gasteiger partial charge in [0.05, 0.1) is 23.6 Å². The number of nitrogens with one attached hydrogen (secondary N) is 2. The SMILES string of the molecule is CCCNC(=O)c1ccc(NC(=O)C2CCN(C(=O)CCOc3ccccc3)CC2)cc1Cl. The largest absolute Gasteiger partial charge is 0.493 e. The smallest absolute Gasteiger partial charge is 0.252 e. The molecule has 0 aliphatic carbocycles. The van der Waals surface area contributed by atoms with Crippen LogP contribution in [0.3, 0.4) is 0 Å². The van der Waals surface area contributed by atoms with Gasteiger partial charge in [0.2, 0.25) is 11.8 Å². The van der Waals surface area contributed by atoms with Crippen LogP contribution in [-0.2, 0) is 9.59 Å². The molecule has 1 aliphatic rings. The first-order valence-electron chi connectivity index (χ1n) is 11.3. The summed E-state index contributed by atoms with van der Waals surface area (Å²) < 4.78 is 5.60. The highest BCUT2D eigenvalue weighted by atomic mass is 35.5. The van der Waals surface area contributed by atoms with Crippen LogP contribution < -0.4 is 15.4 Å². The number of hydrogen-bond acceptors (Lipinski definition) is 4. The minimum absolute atomic E-state index is 0.0357. The van der Waals surface area contributed by atoms with Gasteiger partial charge in [-0.2, -0.15) is 0 Å². The van der Waals surface area contributed by atoms with Crippen molar-refractivity contribution in [3.05, 3.63) is 59.1 Å². The Kier molecular flexibility index (Phi) is 9.13. The monoisotopic (exact) mass is 471 g/mol. The Bertz CT molecular complexity index is 959. The summed E-state index contributed by atoms with van der Waals surface area (Å²) in [5.74, 6) is 0.268. The van der Waals surface area contributed by atoms with Gasteiger partial charge in [0, 0.05) is 31.2 Å². The molecule has 8 heteroatoms. The molecule has 0 radical (unpaired) electrons. The molecule has 2 aromatic carbocycles. The summed E-state index contributed by atoms with van der Waals surface area (Å²) in [7, 11) is 0. The third-order valence-electron chi connectivity index (χ3n) is 5.56. The van der Waals surface area contributed by atoms with Gasteiger partial charge in [-0.05, 0) is 49.6 Å². The van der Waals surface area contributed by atoms with Crippen LogP contribution >= 0.6 is 11.6 Å². The van der Waals surface area contributed by atoms with Crippen molar-refractivity contribution in [1.29, 1.82) is 0 Å². The van der Waals surface area contributed by atoms with Gasteiger partial charge in [0.1, 0.15) is 5.75 Å². The molecule has 1 heterocycles. The van der Waals surface area contributed by atoms with E-state index in [1.54, 1.807) is 23.1 Å². The molecule has 7 nitrogen and oxygen atoms in total. The van der Waals surface area contributed by atoms with E-state index < -0.39 is 0 Å². The number of carbonyl (C=O) groups excluding carboxylic acids is 3. The predicted octanol–water partition coefficient (Wildman–Crippen LogP) is 4.13. The Morgan fingerprint density at radius 2 is 1.82 bits per heavy atom. The lowest BCUT2D eigenvalue weighted by Gasteiger charge is -2.31. The first-order chi connectivity index (χ1) is 16.0. The number of benzene rings is 2. The molecule has 0 aromatic heterocycles. The molecular weight excluding hydrogens is 442 g/mol. The molecule has 0 saturated carbocycles. The van der Waals surface area contributed by atoms with E-state index >= 15 is 0 Å². The number of nitrogens with zero attached hydrogens (tertiary/aromatic N) is 1. The molecule has 1 fully saturated rings. The molecular formula is C25H30ClN3O4. The molecule has 33 heavy (non-hydrogen) atoms. The zero-order valence-corrected chi connectivity index (χ0v) is 19.6. The summed E-state index contributed by atoms with van der Waals surface area (Å²) in [5.41, 5.74) is 0.930. The van der Waals surface area contributed by atoms with Crippen molar-refractivity contribution in [2.24, 2.45) is 5.92 Å². The Labute approximate surface area is 199 Å². The van der Waals surface area contributed by atoms with Crippen LogP contribution in [0.5, 0.6) is 5.75 Å². The number of anilines is 1. The minimum Gasteiger partial charge on any atom is -0.493 e. The number of hydrogen-bond donors (Lipinski definition) is 2. The third-order valence-corrected chi connectivity index (χ3v) is 5.88. The standard InChI is InChI=1S/C25H30ClN3O4/c1-2-13-27-25(32)21-9-8-19(17-22(21)26)28-24(31)18-10-14-29(15-11-18)23(30)12-16-33-20-6-4-3-5-7-20/h3-9,17-18H,2,10-16H2,1H3,(H,27,32)(H,28,31). The zero-order valence-electron chi connectivity index (χ0n) is 18.8. The van der Waals surface area contributed by atoms with Crippen molar-refractivity contribution in [2.75, 3.05) is 31.6 Å². The lowest BCUT2D eigenvalue weighted by molar-refractivity contribution is -0.135. The van der Waals surface area contributed by atoms with Crippen molar-refractivity contribution in [1.82, 2.24) is 10.2 Å². The van der Waals surface area contributed by atoms with Gasteiger partial charge in [0.15, 0.2) is 0 Å². The summed E-state index contributed by atoms with van der Waals surface area (Å²) in [4.78, 5) is 39.0. The van der Waals surface area contributed by atoms with E-state index in [-0.39, 0.29) is 23.6 Å². The Morgan fingerprint density at radius 3 is 2.48 bits per heavy atom. The van der Waals surface area contributed by atoms with Gasteiger partial charge < -0.3 is 20.3 Å². The molecule has 0 unspecified atom stereocenters. The van der Waals surface area contributed by atoms with E-state index in [9.17, 15) is 14.4 Å². The lowest BCUT2D eigenvalue weighted by Crippen LogP contribution is -2.41. The Hall–Kier alpha value is -3.06. The predicted molar refractivity (Wildman–Crippen MR) is 129 cm³/mol. The molecule has 0 spiro atoms. The van der Waals surface area contributed by atoms with E-state index in [1.165, 1.54) is 0 Å². The van der Waals surface area contributed by atoms with Gasteiger partial charge in [0.25, 0.3) is 5.91 Å². The summed E-state index contributed by atoms with van der Waals surface area (Å²) in [6.07, 6.45) is 2.34. The van der Waals surface area contributed by atoms with Crippen molar-refractivity contribution < 1.29 is 19.1 Å². The fourth-order valence-corrected chi connectivity index (χ4v) is 3.94. The summed E-state index contributed by atoms with van der Waals surface area (Å²) in [5, 5.41) is 5.96. The van der Waals surface area contributed by atoms with Gasteiger partial charge in [-0.1, -0.05) is 36.7 Å². The first kappa shape index (κ1) is 24.6. The maximum absolute atomic E-state index is 12.7.